The Labute approximate surface area is 152 Å². The van der Waals surface area contributed by atoms with Gasteiger partial charge in [-0.2, -0.15) is 0 Å². The topological polar surface area (TPSA) is 62.5 Å². The van der Waals surface area contributed by atoms with Crippen molar-refractivity contribution in [2.75, 3.05) is 0 Å². The van der Waals surface area contributed by atoms with E-state index < -0.39 is 5.97 Å². The molecule has 1 atom stereocenters. The zero-order valence-corrected chi connectivity index (χ0v) is 14.6. The summed E-state index contributed by atoms with van der Waals surface area (Å²) in [6.07, 6.45) is 0. The van der Waals surface area contributed by atoms with Gasteiger partial charge in [0.15, 0.2) is 0 Å². The van der Waals surface area contributed by atoms with E-state index in [0.29, 0.717) is 6.54 Å². The van der Waals surface area contributed by atoms with E-state index in [1.807, 2.05) is 30.3 Å². The Hall–Kier alpha value is -2.56. The van der Waals surface area contributed by atoms with Crippen LogP contribution in [-0.2, 0) is 6.54 Å². The largest absolute Gasteiger partial charge is 0.478 e. The van der Waals surface area contributed by atoms with Crippen LogP contribution >= 0.6 is 12.4 Å². The van der Waals surface area contributed by atoms with Crippen molar-refractivity contribution in [1.29, 1.82) is 0 Å². The molecule has 0 radical (unpaired) electrons. The third-order valence-electron chi connectivity index (χ3n) is 3.96. The summed E-state index contributed by atoms with van der Waals surface area (Å²) in [6, 6.07) is 21.0. The molecule has 0 saturated heterocycles. The molecule has 1 unspecified atom stereocenters. The highest BCUT2D eigenvalue weighted by molar-refractivity contribution is 5.88. The molecule has 1 aromatic heterocycles. The molecule has 0 fully saturated rings. The van der Waals surface area contributed by atoms with Gasteiger partial charge in [-0.05, 0) is 36.8 Å². The lowest BCUT2D eigenvalue weighted by Crippen LogP contribution is -2.17. The molecule has 0 aliphatic rings. The van der Waals surface area contributed by atoms with Crippen molar-refractivity contribution < 1.29 is 14.3 Å². The van der Waals surface area contributed by atoms with Crippen molar-refractivity contribution in [2.24, 2.45) is 0 Å². The molecule has 0 saturated carbocycles. The Morgan fingerprint density at radius 1 is 1.04 bits per heavy atom. The lowest BCUT2D eigenvalue weighted by atomic mass is 10.1. The van der Waals surface area contributed by atoms with E-state index in [9.17, 15) is 4.79 Å². The van der Waals surface area contributed by atoms with E-state index >= 15 is 0 Å². The maximum atomic E-state index is 10.9. The van der Waals surface area contributed by atoms with Crippen molar-refractivity contribution in [3.63, 3.8) is 0 Å². The molecule has 0 aliphatic carbocycles. The van der Waals surface area contributed by atoms with Gasteiger partial charge in [-0.1, -0.05) is 42.5 Å². The number of nitrogens with one attached hydrogen (secondary N) is 1. The summed E-state index contributed by atoms with van der Waals surface area (Å²) in [5.41, 5.74) is 2.36. The normalized spacial score (nSPS) is 11.6. The first-order chi connectivity index (χ1) is 11.6. The van der Waals surface area contributed by atoms with E-state index in [2.05, 4.69) is 24.4 Å². The van der Waals surface area contributed by atoms with E-state index in [1.165, 1.54) is 5.56 Å². The summed E-state index contributed by atoms with van der Waals surface area (Å²) in [7, 11) is 0. The quantitative estimate of drug-likeness (QED) is 0.657. The number of halogens is 1. The summed E-state index contributed by atoms with van der Waals surface area (Å²) < 4.78 is 5.85. The Morgan fingerprint density at radius 3 is 2.36 bits per heavy atom. The molecule has 3 rings (SSSR count). The molecule has 0 aliphatic heterocycles. The highest BCUT2D eigenvalue weighted by atomic mass is 35.5. The van der Waals surface area contributed by atoms with Crippen LogP contribution in [0.3, 0.4) is 0 Å². The fourth-order valence-electron chi connectivity index (χ4n) is 2.52. The van der Waals surface area contributed by atoms with Gasteiger partial charge in [-0.3, -0.25) is 0 Å². The Balaban J connectivity index is 0.00000225. The number of benzene rings is 2. The second-order valence-electron chi connectivity index (χ2n) is 5.66. The summed E-state index contributed by atoms with van der Waals surface area (Å²) in [4.78, 5) is 10.9. The SMILES string of the molecule is CC(NCc1ccc(-c2ccc(C(=O)O)cc2)o1)c1ccccc1.Cl. The zero-order chi connectivity index (χ0) is 16.9. The van der Waals surface area contributed by atoms with Crippen LogP contribution < -0.4 is 5.32 Å². The Morgan fingerprint density at radius 2 is 1.72 bits per heavy atom. The van der Waals surface area contributed by atoms with E-state index in [-0.39, 0.29) is 24.0 Å². The van der Waals surface area contributed by atoms with Crippen LogP contribution in [0.2, 0.25) is 0 Å². The summed E-state index contributed by atoms with van der Waals surface area (Å²) in [5, 5.41) is 12.4. The molecule has 0 spiro atoms. The number of hydrogen-bond donors (Lipinski definition) is 2. The van der Waals surface area contributed by atoms with Gasteiger partial charge in [-0.25, -0.2) is 4.79 Å². The monoisotopic (exact) mass is 357 g/mol. The van der Waals surface area contributed by atoms with Gasteiger partial charge in [0, 0.05) is 11.6 Å². The first-order valence-corrected chi connectivity index (χ1v) is 7.84. The van der Waals surface area contributed by atoms with Gasteiger partial charge >= 0.3 is 5.97 Å². The maximum Gasteiger partial charge on any atom is 0.335 e. The van der Waals surface area contributed by atoms with Crippen LogP contribution in [0.15, 0.2) is 71.1 Å². The van der Waals surface area contributed by atoms with Crippen LogP contribution in [0.25, 0.3) is 11.3 Å². The second-order valence-corrected chi connectivity index (χ2v) is 5.66. The zero-order valence-electron chi connectivity index (χ0n) is 13.8. The van der Waals surface area contributed by atoms with Gasteiger partial charge < -0.3 is 14.8 Å². The van der Waals surface area contributed by atoms with Crippen molar-refractivity contribution in [3.8, 4) is 11.3 Å². The molecule has 25 heavy (non-hydrogen) atoms. The van der Waals surface area contributed by atoms with Crippen molar-refractivity contribution in [3.05, 3.63) is 83.6 Å². The first kappa shape index (κ1) is 18.8. The lowest BCUT2D eigenvalue weighted by Gasteiger charge is -2.12. The number of rotatable bonds is 6. The van der Waals surface area contributed by atoms with Crippen molar-refractivity contribution >= 4 is 18.4 Å². The molecule has 1 heterocycles. The smallest absolute Gasteiger partial charge is 0.335 e. The molecule has 3 aromatic rings. The van der Waals surface area contributed by atoms with Crippen LogP contribution in [-0.4, -0.2) is 11.1 Å². The predicted octanol–water partition coefficient (Wildman–Crippen LogP) is 4.92. The van der Waals surface area contributed by atoms with E-state index in [0.717, 1.165) is 17.1 Å². The summed E-state index contributed by atoms with van der Waals surface area (Å²) in [5.74, 6) is 0.645. The number of furan rings is 1. The first-order valence-electron chi connectivity index (χ1n) is 7.84. The maximum absolute atomic E-state index is 10.9. The Kier molecular flexibility index (Phi) is 6.39. The van der Waals surface area contributed by atoms with Crippen LogP contribution in [0.5, 0.6) is 0 Å². The van der Waals surface area contributed by atoms with Crippen LogP contribution in [0.1, 0.15) is 34.6 Å². The molecule has 0 bridgehead atoms. The standard InChI is InChI=1S/C20H19NO3.ClH/c1-14(15-5-3-2-4-6-15)21-13-18-11-12-19(24-18)16-7-9-17(10-8-16)20(22)23;/h2-12,14,21H,13H2,1H3,(H,22,23);1H. The van der Waals surface area contributed by atoms with Crippen LogP contribution in [0, 0.1) is 0 Å². The minimum absolute atomic E-state index is 0. The average molecular weight is 358 g/mol. The summed E-state index contributed by atoms with van der Waals surface area (Å²) in [6.45, 7) is 2.74. The van der Waals surface area contributed by atoms with E-state index in [4.69, 9.17) is 9.52 Å². The minimum Gasteiger partial charge on any atom is -0.478 e. The third kappa shape index (κ3) is 4.72. The fourth-order valence-corrected chi connectivity index (χ4v) is 2.52. The molecule has 0 amide bonds. The average Bonchev–Trinajstić information content (AvgIpc) is 3.09. The highest BCUT2D eigenvalue weighted by Gasteiger charge is 2.09. The van der Waals surface area contributed by atoms with Crippen molar-refractivity contribution in [2.45, 2.75) is 19.5 Å². The minimum atomic E-state index is -0.930. The highest BCUT2D eigenvalue weighted by Crippen LogP contribution is 2.23. The molecular formula is C20H20ClNO3. The van der Waals surface area contributed by atoms with Crippen molar-refractivity contribution in [1.82, 2.24) is 5.32 Å². The predicted molar refractivity (Wildman–Crippen MR) is 100 cm³/mol. The molecule has 2 aromatic carbocycles. The molecule has 5 heteroatoms. The van der Waals surface area contributed by atoms with Gasteiger partial charge in [0.25, 0.3) is 0 Å². The number of hydrogen-bond acceptors (Lipinski definition) is 3. The Bertz CT molecular complexity index is 812. The number of carbonyl (C=O) groups is 1. The number of aromatic carboxylic acids is 1. The summed E-state index contributed by atoms with van der Waals surface area (Å²) >= 11 is 0. The van der Waals surface area contributed by atoms with E-state index in [1.54, 1.807) is 24.3 Å². The second kappa shape index (κ2) is 8.51. The van der Waals surface area contributed by atoms with Crippen LogP contribution in [0.4, 0.5) is 0 Å². The van der Waals surface area contributed by atoms with Gasteiger partial charge in [0.05, 0.1) is 12.1 Å². The van der Waals surface area contributed by atoms with Gasteiger partial charge in [0.2, 0.25) is 0 Å². The lowest BCUT2D eigenvalue weighted by molar-refractivity contribution is 0.0697. The molecular weight excluding hydrogens is 338 g/mol. The van der Waals surface area contributed by atoms with Gasteiger partial charge in [0.1, 0.15) is 11.5 Å². The fraction of sp³-hybridized carbons (Fsp3) is 0.150. The molecule has 4 nitrogen and oxygen atoms in total. The molecule has 130 valence electrons. The molecule has 2 N–H and O–H groups in total. The number of carboxylic acids is 1. The number of carboxylic acid groups (broad SMARTS) is 1. The van der Waals surface area contributed by atoms with Gasteiger partial charge in [-0.15, -0.1) is 12.4 Å². The third-order valence-corrected chi connectivity index (χ3v) is 3.96.